The van der Waals surface area contributed by atoms with Gasteiger partial charge in [-0.1, -0.05) is 30.3 Å². The molecule has 0 unspecified atom stereocenters. The van der Waals surface area contributed by atoms with Crippen molar-refractivity contribution in [3.8, 4) is 11.5 Å². The molecule has 3 heterocycles. The topological polar surface area (TPSA) is 38.8 Å². The fourth-order valence-corrected chi connectivity index (χ4v) is 4.33. The van der Waals surface area contributed by atoms with Crippen molar-refractivity contribution < 1.29 is 14.3 Å². The van der Waals surface area contributed by atoms with Gasteiger partial charge in [0.05, 0.1) is 0 Å². The molecule has 0 radical (unpaired) electrons. The van der Waals surface area contributed by atoms with Crippen LogP contribution >= 0.6 is 0 Å². The van der Waals surface area contributed by atoms with Gasteiger partial charge in [0.1, 0.15) is 5.78 Å². The third-order valence-electron chi connectivity index (χ3n) is 5.46. The minimum atomic E-state index is 0.148. The van der Waals surface area contributed by atoms with Crippen LogP contribution in [0.1, 0.15) is 41.6 Å². The van der Waals surface area contributed by atoms with Gasteiger partial charge in [-0.05, 0) is 35.2 Å². The summed E-state index contributed by atoms with van der Waals surface area (Å²) in [5.74, 6) is 1.99. The van der Waals surface area contributed by atoms with Crippen LogP contribution in [-0.4, -0.2) is 24.0 Å². The van der Waals surface area contributed by atoms with Gasteiger partial charge in [0, 0.05) is 31.5 Å². The second-order valence-corrected chi connectivity index (χ2v) is 6.78. The first-order chi connectivity index (χ1) is 11.8. The lowest BCUT2D eigenvalue weighted by Gasteiger charge is -2.45. The monoisotopic (exact) mass is 321 g/mol. The Morgan fingerprint density at radius 2 is 1.71 bits per heavy atom. The molecule has 3 aliphatic rings. The van der Waals surface area contributed by atoms with Gasteiger partial charge in [0.25, 0.3) is 0 Å². The van der Waals surface area contributed by atoms with E-state index in [0.717, 1.165) is 24.5 Å². The van der Waals surface area contributed by atoms with Crippen LogP contribution in [0.3, 0.4) is 0 Å². The zero-order valence-electron chi connectivity index (χ0n) is 13.4. The van der Waals surface area contributed by atoms with Gasteiger partial charge in [-0.3, -0.25) is 9.69 Å². The van der Waals surface area contributed by atoms with E-state index in [9.17, 15) is 4.79 Å². The lowest BCUT2D eigenvalue weighted by Crippen LogP contribution is -2.43. The largest absolute Gasteiger partial charge is 0.454 e. The van der Waals surface area contributed by atoms with E-state index < -0.39 is 0 Å². The Bertz CT molecular complexity index is 802. The predicted octanol–water partition coefficient (Wildman–Crippen LogP) is 3.42. The number of Topliss-reactive ketones (excluding diaryl/α,β-unsaturated/α-hetero) is 1. The van der Waals surface area contributed by atoms with E-state index in [1.807, 2.05) is 6.07 Å². The van der Waals surface area contributed by atoms with Crippen molar-refractivity contribution in [3.63, 3.8) is 0 Å². The smallest absolute Gasteiger partial charge is 0.231 e. The molecule has 4 heteroatoms. The number of nitrogens with zero attached hydrogens (tertiary/aromatic N) is 1. The second-order valence-electron chi connectivity index (χ2n) is 6.78. The van der Waals surface area contributed by atoms with E-state index in [-0.39, 0.29) is 18.9 Å². The van der Waals surface area contributed by atoms with Crippen LogP contribution < -0.4 is 9.47 Å². The first kappa shape index (κ1) is 14.1. The summed E-state index contributed by atoms with van der Waals surface area (Å²) in [6.45, 7) is 1.27. The van der Waals surface area contributed by atoms with Gasteiger partial charge >= 0.3 is 0 Å². The lowest BCUT2D eigenvalue weighted by atomic mass is 9.81. The first-order valence-electron chi connectivity index (χ1n) is 8.54. The summed E-state index contributed by atoms with van der Waals surface area (Å²) in [5, 5.41) is 0. The minimum absolute atomic E-state index is 0.148. The molecule has 0 saturated carbocycles. The molecule has 1 saturated heterocycles. The highest BCUT2D eigenvalue weighted by Gasteiger charge is 2.40. The van der Waals surface area contributed by atoms with Crippen molar-refractivity contribution in [2.45, 2.75) is 31.3 Å². The molecule has 122 valence electrons. The van der Waals surface area contributed by atoms with E-state index in [4.69, 9.17) is 9.47 Å². The maximum absolute atomic E-state index is 12.5. The van der Waals surface area contributed by atoms with Gasteiger partial charge in [-0.15, -0.1) is 0 Å². The molecule has 0 aromatic heterocycles. The predicted molar refractivity (Wildman–Crippen MR) is 89.1 cm³/mol. The van der Waals surface area contributed by atoms with Crippen LogP contribution in [0.4, 0.5) is 0 Å². The van der Waals surface area contributed by atoms with Crippen molar-refractivity contribution in [1.82, 2.24) is 4.90 Å². The molecule has 2 atom stereocenters. The number of hydrogen-bond donors (Lipinski definition) is 0. The molecule has 3 aliphatic heterocycles. The van der Waals surface area contributed by atoms with Crippen molar-refractivity contribution >= 4 is 5.78 Å². The van der Waals surface area contributed by atoms with E-state index in [2.05, 4.69) is 41.3 Å². The zero-order chi connectivity index (χ0) is 16.1. The van der Waals surface area contributed by atoms with Crippen LogP contribution in [-0.2, 0) is 11.2 Å². The van der Waals surface area contributed by atoms with Crippen LogP contribution in [0.15, 0.2) is 42.5 Å². The molecule has 0 bridgehead atoms. The number of rotatable bonds is 1. The molecule has 0 amide bonds. The van der Waals surface area contributed by atoms with Crippen LogP contribution in [0.25, 0.3) is 0 Å². The minimum Gasteiger partial charge on any atom is -0.454 e. The average molecular weight is 321 g/mol. The lowest BCUT2D eigenvalue weighted by molar-refractivity contribution is -0.126. The number of carbonyl (C=O) groups is 1. The number of ketones is 1. The molecular formula is C20H19NO3. The molecule has 2 aromatic carbocycles. The Balaban J connectivity index is 1.57. The summed E-state index contributed by atoms with van der Waals surface area (Å²) < 4.78 is 11.1. The van der Waals surface area contributed by atoms with Crippen molar-refractivity contribution in [3.05, 3.63) is 59.2 Å². The quantitative estimate of drug-likeness (QED) is 0.807. The Kier molecular flexibility index (Phi) is 3.13. The summed E-state index contributed by atoms with van der Waals surface area (Å²) in [4.78, 5) is 15.0. The summed E-state index contributed by atoms with van der Waals surface area (Å²) in [5.41, 5.74) is 3.77. The number of carbonyl (C=O) groups excluding carboxylic acids is 1. The maximum Gasteiger partial charge on any atom is 0.231 e. The zero-order valence-corrected chi connectivity index (χ0v) is 13.4. The molecule has 24 heavy (non-hydrogen) atoms. The number of fused-ring (bicyclic) bond motifs is 4. The van der Waals surface area contributed by atoms with Crippen LogP contribution in [0.5, 0.6) is 11.5 Å². The fraction of sp³-hybridized carbons (Fsp3) is 0.350. The Morgan fingerprint density at radius 1 is 0.958 bits per heavy atom. The second kappa shape index (κ2) is 5.35. The Hall–Kier alpha value is -2.33. The van der Waals surface area contributed by atoms with Gasteiger partial charge in [-0.2, -0.15) is 0 Å². The van der Waals surface area contributed by atoms with Gasteiger partial charge in [-0.25, -0.2) is 0 Å². The van der Waals surface area contributed by atoms with E-state index >= 15 is 0 Å². The molecule has 0 N–H and O–H groups in total. The highest BCUT2D eigenvalue weighted by atomic mass is 16.7. The summed E-state index contributed by atoms with van der Waals surface area (Å²) in [6, 6.07) is 14.9. The molecule has 2 aromatic rings. The molecule has 1 fully saturated rings. The van der Waals surface area contributed by atoms with Gasteiger partial charge in [0.15, 0.2) is 11.5 Å². The van der Waals surface area contributed by atoms with E-state index in [1.54, 1.807) is 0 Å². The van der Waals surface area contributed by atoms with E-state index in [0.29, 0.717) is 18.6 Å². The molecule has 0 spiro atoms. The number of benzene rings is 2. The van der Waals surface area contributed by atoms with Gasteiger partial charge in [0.2, 0.25) is 6.79 Å². The molecule has 5 rings (SSSR count). The summed E-state index contributed by atoms with van der Waals surface area (Å²) >= 11 is 0. The van der Waals surface area contributed by atoms with Crippen molar-refractivity contribution in [2.75, 3.05) is 13.3 Å². The third kappa shape index (κ3) is 2.13. The highest BCUT2D eigenvalue weighted by molar-refractivity contribution is 5.81. The Morgan fingerprint density at radius 3 is 2.54 bits per heavy atom. The molecule has 4 nitrogen and oxygen atoms in total. The maximum atomic E-state index is 12.5. The number of ether oxygens (including phenoxy) is 2. The standard InChI is InChI=1S/C20H19NO3/c22-15-9-17(13-4-2-1-3-5-13)21-7-6-14-8-19-20(24-12-23-19)11-16(14)18(21)10-15/h1-5,8,11,17-18H,6-7,9-10,12H2/t17-,18-/m0/s1. The third-order valence-corrected chi connectivity index (χ3v) is 5.46. The van der Waals surface area contributed by atoms with Crippen LogP contribution in [0, 0.1) is 0 Å². The van der Waals surface area contributed by atoms with Crippen molar-refractivity contribution in [1.29, 1.82) is 0 Å². The number of piperidine rings is 1. The summed E-state index contributed by atoms with van der Waals surface area (Å²) in [7, 11) is 0. The van der Waals surface area contributed by atoms with Gasteiger partial charge < -0.3 is 9.47 Å². The van der Waals surface area contributed by atoms with Crippen molar-refractivity contribution in [2.24, 2.45) is 0 Å². The Labute approximate surface area is 141 Å². The fourth-order valence-electron chi connectivity index (χ4n) is 4.33. The summed E-state index contributed by atoms with van der Waals surface area (Å²) in [6.07, 6.45) is 2.19. The van der Waals surface area contributed by atoms with E-state index in [1.165, 1.54) is 16.7 Å². The first-order valence-corrected chi connectivity index (χ1v) is 8.54. The molecular weight excluding hydrogens is 302 g/mol. The SMILES string of the molecule is O=C1C[C@@H](c2ccccc2)N2CCc3cc4c(cc3[C@@H]2C1)OCO4. The molecule has 0 aliphatic carbocycles. The normalized spacial score (nSPS) is 25.2. The number of hydrogen-bond acceptors (Lipinski definition) is 4. The van der Waals surface area contributed by atoms with Crippen LogP contribution in [0.2, 0.25) is 0 Å². The average Bonchev–Trinajstić information content (AvgIpc) is 3.07. The highest BCUT2D eigenvalue weighted by Crippen LogP contribution is 2.47.